The Hall–Kier alpha value is -4.52. The molecule has 2 rings (SSSR count). The summed E-state index contributed by atoms with van der Waals surface area (Å²) in [6, 6.07) is 7.38. The number of benzene rings is 1. The van der Waals surface area contributed by atoms with Gasteiger partial charge in [-0.2, -0.15) is 5.48 Å². The highest BCUT2D eigenvalue weighted by atomic mass is 32.1. The third-order valence-corrected chi connectivity index (χ3v) is 6.02. The molecule has 0 saturated carbocycles. The molecule has 0 bridgehead atoms. The Labute approximate surface area is 242 Å². The summed E-state index contributed by atoms with van der Waals surface area (Å²) < 4.78 is 5.17. The fourth-order valence-electron chi connectivity index (χ4n) is 3.11. The quantitative estimate of drug-likeness (QED) is 0.158. The number of unbranched alkanes of at least 4 members (excludes halogenated alkanes) is 2. The highest BCUT2D eigenvalue weighted by molar-refractivity contribution is 7.13. The molecule has 4 N–H and O–H groups in total. The molecule has 0 atom stereocenters. The van der Waals surface area contributed by atoms with Crippen LogP contribution in [0.5, 0.6) is 0 Å². The molecule has 41 heavy (non-hydrogen) atoms. The summed E-state index contributed by atoms with van der Waals surface area (Å²) in [5.41, 5.74) is 2.73. The van der Waals surface area contributed by atoms with Gasteiger partial charge in [-0.15, -0.1) is 11.3 Å². The number of nitrogens with zero attached hydrogens (tertiary/aromatic N) is 1. The summed E-state index contributed by atoms with van der Waals surface area (Å²) in [4.78, 5) is 67.7. The van der Waals surface area contributed by atoms with Gasteiger partial charge in [-0.05, 0) is 39.2 Å². The highest BCUT2D eigenvalue weighted by Gasteiger charge is 2.17. The number of amides is 4. The van der Waals surface area contributed by atoms with Crippen LogP contribution in [-0.4, -0.2) is 46.9 Å². The third kappa shape index (κ3) is 12.5. The Morgan fingerprint density at radius 2 is 1.73 bits per heavy atom. The maximum Gasteiger partial charge on any atom is 0.407 e. The Bertz CT molecular complexity index is 1270. The van der Waals surface area contributed by atoms with E-state index in [0.29, 0.717) is 30.9 Å². The maximum atomic E-state index is 12.4. The van der Waals surface area contributed by atoms with Crippen LogP contribution in [0.2, 0.25) is 0 Å². The average molecular weight is 586 g/mol. The van der Waals surface area contributed by atoms with Crippen molar-refractivity contribution in [3.05, 3.63) is 65.8 Å². The molecule has 0 saturated heterocycles. The van der Waals surface area contributed by atoms with Crippen molar-refractivity contribution in [1.29, 1.82) is 0 Å². The van der Waals surface area contributed by atoms with Gasteiger partial charge < -0.3 is 25.5 Å². The summed E-state index contributed by atoms with van der Waals surface area (Å²) >= 11 is 1.24. The normalized spacial score (nSPS) is 10.6. The van der Waals surface area contributed by atoms with E-state index in [9.17, 15) is 24.0 Å². The summed E-state index contributed by atoms with van der Waals surface area (Å²) in [5.74, 6) is -2.48. The van der Waals surface area contributed by atoms with E-state index in [1.54, 1.807) is 20.8 Å². The minimum Gasteiger partial charge on any atom is -0.444 e. The fraction of sp³-hybridized carbons (Fsp3) is 0.357. The van der Waals surface area contributed by atoms with Gasteiger partial charge in [-0.3, -0.25) is 14.4 Å². The van der Waals surface area contributed by atoms with Gasteiger partial charge in [-0.1, -0.05) is 43.8 Å². The Kier molecular flexibility index (Phi) is 12.7. The minimum absolute atomic E-state index is 0.0566. The number of nitrogens with one attached hydrogen (secondary N) is 4. The molecule has 1 aromatic heterocycles. The largest absolute Gasteiger partial charge is 0.444 e. The molecule has 0 fully saturated rings. The van der Waals surface area contributed by atoms with Crippen LogP contribution in [0.25, 0.3) is 10.6 Å². The first-order valence-electron chi connectivity index (χ1n) is 12.8. The number of hydrogen-bond donors (Lipinski definition) is 4. The van der Waals surface area contributed by atoms with E-state index < -0.39 is 29.5 Å². The summed E-state index contributed by atoms with van der Waals surface area (Å²) in [7, 11) is 0. The smallest absolute Gasteiger partial charge is 0.407 e. The van der Waals surface area contributed by atoms with Gasteiger partial charge in [0.05, 0.1) is 0 Å². The molecule has 0 spiro atoms. The van der Waals surface area contributed by atoms with Gasteiger partial charge >= 0.3 is 12.1 Å². The van der Waals surface area contributed by atoms with Gasteiger partial charge in [0.15, 0.2) is 0 Å². The van der Waals surface area contributed by atoms with Gasteiger partial charge in [0.25, 0.3) is 11.8 Å². The molecule has 0 radical (unpaired) electrons. The fourth-order valence-corrected chi connectivity index (χ4v) is 3.92. The lowest BCUT2D eigenvalue weighted by Gasteiger charge is -2.19. The van der Waals surface area contributed by atoms with E-state index in [2.05, 4.69) is 38.9 Å². The first-order chi connectivity index (χ1) is 19.4. The summed E-state index contributed by atoms with van der Waals surface area (Å²) in [6.07, 6.45) is 3.08. The monoisotopic (exact) mass is 585 g/mol. The maximum absolute atomic E-state index is 12.4. The molecule has 0 aliphatic heterocycles. The molecule has 220 valence electrons. The van der Waals surface area contributed by atoms with Crippen LogP contribution >= 0.6 is 11.3 Å². The van der Waals surface area contributed by atoms with E-state index in [-0.39, 0.29) is 17.3 Å². The Morgan fingerprint density at radius 3 is 2.39 bits per heavy atom. The van der Waals surface area contributed by atoms with Crippen molar-refractivity contribution in [3.8, 4) is 10.6 Å². The van der Waals surface area contributed by atoms with Crippen LogP contribution in [0, 0.1) is 0 Å². The zero-order valence-electron chi connectivity index (χ0n) is 23.3. The van der Waals surface area contributed by atoms with Crippen molar-refractivity contribution >= 4 is 41.1 Å². The molecule has 12 nitrogen and oxygen atoms in total. The number of hydroxylamine groups is 1. The molecule has 2 aromatic rings. The number of thiazole rings is 1. The van der Waals surface area contributed by atoms with Crippen molar-refractivity contribution in [1.82, 2.24) is 26.4 Å². The zero-order valence-corrected chi connectivity index (χ0v) is 24.2. The highest BCUT2D eigenvalue weighted by Crippen LogP contribution is 2.24. The molecular weight excluding hydrogens is 550 g/mol. The van der Waals surface area contributed by atoms with E-state index in [1.807, 2.05) is 29.7 Å². The number of carbonyl (C=O) groups is 5. The van der Waals surface area contributed by atoms with Crippen LogP contribution in [0.4, 0.5) is 4.79 Å². The van der Waals surface area contributed by atoms with Crippen molar-refractivity contribution in [2.24, 2.45) is 0 Å². The zero-order chi connectivity index (χ0) is 30.4. The van der Waals surface area contributed by atoms with E-state index in [4.69, 9.17) is 4.74 Å². The molecule has 4 amide bonds. The molecular formula is C28H35N5O7S. The first kappa shape index (κ1) is 32.7. The van der Waals surface area contributed by atoms with Crippen LogP contribution in [0.15, 0.2) is 54.6 Å². The second-order valence-electron chi connectivity index (χ2n) is 9.74. The molecule has 0 aliphatic rings. The van der Waals surface area contributed by atoms with Crippen LogP contribution in [0.1, 0.15) is 62.5 Å². The number of carbonyl (C=O) groups excluding carboxylic acids is 5. The lowest BCUT2D eigenvalue weighted by atomic mass is 10.1. The summed E-state index contributed by atoms with van der Waals surface area (Å²) in [5, 5.41) is 10.0. The van der Waals surface area contributed by atoms with Crippen molar-refractivity contribution in [3.63, 3.8) is 0 Å². The SMILES string of the molecule is C=CC(=O)ONC(=O)C(=C)NC(=O)c1csc(-c2ccc(CNC(=O)CCCCCNC(=O)OC(C)(C)C)cc2)n1. The topological polar surface area (TPSA) is 165 Å². The third-order valence-electron chi connectivity index (χ3n) is 5.13. The van der Waals surface area contributed by atoms with E-state index >= 15 is 0 Å². The van der Waals surface area contributed by atoms with Crippen LogP contribution in [-0.2, 0) is 30.5 Å². The Morgan fingerprint density at radius 1 is 1.02 bits per heavy atom. The van der Waals surface area contributed by atoms with E-state index in [1.165, 1.54) is 16.7 Å². The van der Waals surface area contributed by atoms with E-state index in [0.717, 1.165) is 30.0 Å². The van der Waals surface area contributed by atoms with Gasteiger partial charge in [0.2, 0.25) is 5.91 Å². The van der Waals surface area contributed by atoms with Crippen molar-refractivity contribution in [2.75, 3.05) is 6.54 Å². The predicted molar refractivity (Wildman–Crippen MR) is 153 cm³/mol. The number of alkyl carbamates (subject to hydrolysis) is 1. The number of ether oxygens (including phenoxy) is 1. The van der Waals surface area contributed by atoms with Gasteiger partial charge in [-0.25, -0.2) is 14.6 Å². The average Bonchev–Trinajstić information content (AvgIpc) is 3.42. The molecule has 0 aliphatic carbocycles. The minimum atomic E-state index is -0.903. The van der Waals surface area contributed by atoms with Crippen LogP contribution in [0.3, 0.4) is 0 Å². The number of aromatic nitrogens is 1. The van der Waals surface area contributed by atoms with Gasteiger partial charge in [0, 0.05) is 36.5 Å². The molecule has 1 aromatic carbocycles. The van der Waals surface area contributed by atoms with Gasteiger partial charge in [0.1, 0.15) is 22.0 Å². The predicted octanol–water partition coefficient (Wildman–Crippen LogP) is 3.52. The van der Waals surface area contributed by atoms with Crippen molar-refractivity contribution in [2.45, 2.75) is 58.6 Å². The Balaban J connectivity index is 1.71. The molecule has 0 unspecified atom stereocenters. The number of rotatable bonds is 13. The molecule has 13 heteroatoms. The lowest BCUT2D eigenvalue weighted by molar-refractivity contribution is -0.152. The van der Waals surface area contributed by atoms with Crippen LogP contribution < -0.4 is 21.4 Å². The van der Waals surface area contributed by atoms with Crippen molar-refractivity contribution < 1.29 is 33.5 Å². The number of hydrogen-bond acceptors (Lipinski definition) is 9. The summed E-state index contributed by atoms with van der Waals surface area (Å²) in [6.45, 7) is 12.9. The molecule has 1 heterocycles. The second-order valence-corrected chi connectivity index (χ2v) is 10.6. The lowest BCUT2D eigenvalue weighted by Crippen LogP contribution is -2.35. The second kappa shape index (κ2) is 15.9. The standard InChI is InChI=1S/C28H35N5O7S/c1-6-23(35)40-33-24(36)18(2)31-25(37)21-17-41-26(32-21)20-13-11-19(12-14-20)16-30-22(34)10-8-7-9-15-29-27(38)39-28(3,4)5/h6,11-14,17H,1-2,7-10,15-16H2,3-5H3,(H,29,38)(H,30,34)(H,31,37)(H,33,36). The first-order valence-corrected chi connectivity index (χ1v) is 13.7.